The molecule has 5 aliphatic carbocycles. The van der Waals surface area contributed by atoms with Gasteiger partial charge in [-0.25, -0.2) is 0 Å². The van der Waals surface area contributed by atoms with E-state index in [0.717, 1.165) is 47.8 Å². The first-order valence-electron chi connectivity index (χ1n) is 5.89. The van der Waals surface area contributed by atoms with Gasteiger partial charge in [0.05, 0.1) is 0 Å². The molecule has 1 nitrogen and oxygen atoms in total. The van der Waals surface area contributed by atoms with Crippen LogP contribution in [0.3, 0.4) is 0 Å². The number of Topliss-reactive ketones (excluding diaryl/α,β-unsaturated/α-hetero) is 1. The minimum absolute atomic E-state index is 0.581. The largest absolute Gasteiger partial charge is 0.299 e. The molecule has 13 heavy (non-hydrogen) atoms. The van der Waals surface area contributed by atoms with Crippen LogP contribution >= 0.6 is 0 Å². The maximum atomic E-state index is 11.8. The summed E-state index contributed by atoms with van der Waals surface area (Å²) in [7, 11) is 0. The number of ketones is 1. The zero-order valence-corrected chi connectivity index (χ0v) is 7.65. The van der Waals surface area contributed by atoms with Crippen molar-refractivity contribution in [3.05, 3.63) is 0 Å². The number of fused-ring (bicyclic) bond motifs is 3. The molecule has 0 heterocycles. The monoisotopic (exact) mass is 174 g/mol. The van der Waals surface area contributed by atoms with Gasteiger partial charge in [-0.1, -0.05) is 0 Å². The standard InChI is InChI=1S/C12H14O/c13-8-3-7-9-4-1-5-6(2-4)11(9)12(8)10(5)7/h4-7,9-12H,1-3H2. The van der Waals surface area contributed by atoms with Gasteiger partial charge in [-0.05, 0) is 54.3 Å². The number of carbonyl (C=O) groups is 1. The summed E-state index contributed by atoms with van der Waals surface area (Å²) < 4.78 is 0. The number of hydrogen-bond acceptors (Lipinski definition) is 1. The Morgan fingerprint density at radius 2 is 1.69 bits per heavy atom. The van der Waals surface area contributed by atoms with E-state index < -0.39 is 0 Å². The molecule has 0 spiro atoms. The molecule has 0 amide bonds. The summed E-state index contributed by atoms with van der Waals surface area (Å²) in [6.45, 7) is 0. The summed E-state index contributed by atoms with van der Waals surface area (Å²) in [6.07, 6.45) is 4.00. The quantitative estimate of drug-likeness (QED) is 0.546. The van der Waals surface area contributed by atoms with E-state index >= 15 is 0 Å². The van der Waals surface area contributed by atoms with Gasteiger partial charge in [0.25, 0.3) is 0 Å². The first kappa shape index (κ1) is 6.21. The summed E-state index contributed by atoms with van der Waals surface area (Å²) >= 11 is 0. The fourth-order valence-corrected chi connectivity index (χ4v) is 6.52. The summed E-state index contributed by atoms with van der Waals surface area (Å²) in [6, 6.07) is 0. The molecule has 0 aromatic carbocycles. The highest BCUT2D eigenvalue weighted by molar-refractivity contribution is 5.86. The summed E-state index contributed by atoms with van der Waals surface area (Å²) in [5.74, 6) is 8.05. The van der Waals surface area contributed by atoms with Crippen molar-refractivity contribution in [1.82, 2.24) is 0 Å². The van der Waals surface area contributed by atoms with E-state index in [4.69, 9.17) is 0 Å². The Kier molecular flexibility index (Phi) is 0.721. The minimum Gasteiger partial charge on any atom is -0.299 e. The van der Waals surface area contributed by atoms with Crippen molar-refractivity contribution in [3.8, 4) is 0 Å². The molecule has 5 rings (SSSR count). The molecule has 5 saturated carbocycles. The Balaban J connectivity index is 1.82. The highest BCUT2D eigenvalue weighted by atomic mass is 16.1. The van der Waals surface area contributed by atoms with Gasteiger partial charge in [0.2, 0.25) is 0 Å². The summed E-state index contributed by atoms with van der Waals surface area (Å²) in [5, 5.41) is 0. The van der Waals surface area contributed by atoms with E-state index in [-0.39, 0.29) is 0 Å². The molecule has 0 aromatic heterocycles. The lowest BCUT2D eigenvalue weighted by Gasteiger charge is -2.41. The first-order chi connectivity index (χ1) is 6.36. The maximum Gasteiger partial charge on any atom is 0.136 e. The van der Waals surface area contributed by atoms with Crippen molar-refractivity contribution in [1.29, 1.82) is 0 Å². The van der Waals surface area contributed by atoms with Crippen LogP contribution in [0, 0.1) is 47.3 Å². The van der Waals surface area contributed by atoms with E-state index in [9.17, 15) is 4.79 Å². The van der Waals surface area contributed by atoms with Crippen LogP contribution in [0.25, 0.3) is 0 Å². The van der Waals surface area contributed by atoms with Crippen molar-refractivity contribution >= 4 is 5.78 Å². The molecule has 0 aromatic rings. The predicted molar refractivity (Wildman–Crippen MR) is 46.8 cm³/mol. The fourth-order valence-electron chi connectivity index (χ4n) is 6.52. The molecule has 8 unspecified atom stereocenters. The molecular weight excluding hydrogens is 160 g/mol. The van der Waals surface area contributed by atoms with Crippen molar-refractivity contribution < 1.29 is 4.79 Å². The molecular formula is C12H14O. The molecule has 8 atom stereocenters. The van der Waals surface area contributed by atoms with Crippen LogP contribution in [0.2, 0.25) is 0 Å². The van der Waals surface area contributed by atoms with E-state index in [1.165, 1.54) is 12.8 Å². The summed E-state index contributed by atoms with van der Waals surface area (Å²) in [5.41, 5.74) is 0. The molecule has 0 saturated heterocycles. The minimum atomic E-state index is 0.581. The van der Waals surface area contributed by atoms with Gasteiger partial charge in [0, 0.05) is 12.3 Å². The molecule has 5 fully saturated rings. The smallest absolute Gasteiger partial charge is 0.136 e. The number of carbonyl (C=O) groups excluding carboxylic acids is 1. The lowest BCUT2D eigenvalue weighted by molar-refractivity contribution is -0.124. The Bertz CT molecular complexity index is 330. The van der Waals surface area contributed by atoms with Crippen molar-refractivity contribution in [2.75, 3.05) is 0 Å². The third-order valence-electron chi connectivity index (χ3n) is 6.30. The number of hydrogen-bond donors (Lipinski definition) is 0. The van der Waals surface area contributed by atoms with Crippen molar-refractivity contribution in [3.63, 3.8) is 0 Å². The van der Waals surface area contributed by atoms with Gasteiger partial charge >= 0.3 is 0 Å². The second kappa shape index (κ2) is 1.51. The fraction of sp³-hybridized carbons (Fsp3) is 0.917. The molecule has 1 heteroatoms. The lowest BCUT2D eigenvalue weighted by atomic mass is 9.63. The van der Waals surface area contributed by atoms with E-state index in [0.29, 0.717) is 11.7 Å². The average Bonchev–Trinajstić information content (AvgIpc) is 2.71. The second-order valence-electron chi connectivity index (χ2n) is 6.15. The topological polar surface area (TPSA) is 17.1 Å². The van der Waals surface area contributed by atoms with Crippen LogP contribution in [0.4, 0.5) is 0 Å². The zero-order chi connectivity index (χ0) is 8.32. The molecule has 68 valence electrons. The molecule has 6 bridgehead atoms. The van der Waals surface area contributed by atoms with Gasteiger partial charge in [-0.3, -0.25) is 4.79 Å². The Hall–Kier alpha value is -0.330. The summed E-state index contributed by atoms with van der Waals surface area (Å²) in [4.78, 5) is 11.8. The second-order valence-corrected chi connectivity index (χ2v) is 6.15. The van der Waals surface area contributed by atoms with E-state index in [2.05, 4.69) is 0 Å². The Morgan fingerprint density at radius 1 is 0.923 bits per heavy atom. The zero-order valence-electron chi connectivity index (χ0n) is 7.65. The number of rotatable bonds is 0. The molecule has 0 aliphatic heterocycles. The Morgan fingerprint density at radius 3 is 2.54 bits per heavy atom. The van der Waals surface area contributed by atoms with Gasteiger partial charge in [0.1, 0.15) is 5.78 Å². The SMILES string of the molecule is O=C1CC2C3C4CC5CC4C(C13)C52. The molecule has 5 aliphatic rings. The third kappa shape index (κ3) is 0.409. The highest BCUT2D eigenvalue weighted by Gasteiger charge is 2.76. The Labute approximate surface area is 77.9 Å². The predicted octanol–water partition coefficient (Wildman–Crippen LogP) is 1.72. The third-order valence-corrected chi connectivity index (χ3v) is 6.30. The first-order valence-corrected chi connectivity index (χ1v) is 5.89. The van der Waals surface area contributed by atoms with Crippen molar-refractivity contribution in [2.45, 2.75) is 19.3 Å². The average molecular weight is 174 g/mol. The van der Waals surface area contributed by atoms with Crippen molar-refractivity contribution in [2.24, 2.45) is 47.3 Å². The van der Waals surface area contributed by atoms with Crippen LogP contribution in [-0.2, 0) is 4.79 Å². The van der Waals surface area contributed by atoms with Gasteiger partial charge in [0.15, 0.2) is 0 Å². The van der Waals surface area contributed by atoms with Crippen LogP contribution in [0.15, 0.2) is 0 Å². The van der Waals surface area contributed by atoms with Gasteiger partial charge in [-0.2, -0.15) is 0 Å². The van der Waals surface area contributed by atoms with Gasteiger partial charge < -0.3 is 0 Å². The van der Waals surface area contributed by atoms with Crippen LogP contribution in [0.1, 0.15) is 19.3 Å². The normalized spacial score (nSPS) is 74.9. The van der Waals surface area contributed by atoms with Crippen LogP contribution < -0.4 is 0 Å². The molecule has 0 N–H and O–H groups in total. The maximum absolute atomic E-state index is 11.8. The van der Waals surface area contributed by atoms with Gasteiger partial charge in [-0.15, -0.1) is 0 Å². The molecule has 0 radical (unpaired) electrons. The highest BCUT2D eigenvalue weighted by Crippen LogP contribution is 2.79. The van der Waals surface area contributed by atoms with E-state index in [1.807, 2.05) is 0 Å². The van der Waals surface area contributed by atoms with E-state index in [1.54, 1.807) is 0 Å². The van der Waals surface area contributed by atoms with Crippen LogP contribution in [-0.4, -0.2) is 5.78 Å². The lowest BCUT2D eigenvalue weighted by Crippen LogP contribution is -2.37. The van der Waals surface area contributed by atoms with Crippen LogP contribution in [0.5, 0.6) is 0 Å².